The van der Waals surface area contributed by atoms with Crippen molar-refractivity contribution in [2.75, 3.05) is 12.3 Å². The number of rotatable bonds is 1. The number of aromatic nitrogens is 2. The second-order valence-corrected chi connectivity index (χ2v) is 8.37. The van der Waals surface area contributed by atoms with Crippen LogP contribution >= 0.6 is 31.9 Å². The van der Waals surface area contributed by atoms with Crippen LogP contribution in [0.25, 0.3) is 0 Å². The Kier molecular flexibility index (Phi) is 4.48. The number of carbonyl (C=O) groups is 2. The van der Waals surface area contributed by atoms with Crippen LogP contribution in [0.4, 0.5) is 10.6 Å². The molecular weight excluding hydrogens is 456 g/mol. The summed E-state index contributed by atoms with van der Waals surface area (Å²) in [4.78, 5) is 24.8. The van der Waals surface area contributed by atoms with Crippen LogP contribution in [-0.4, -0.2) is 33.3 Å². The van der Waals surface area contributed by atoms with Crippen molar-refractivity contribution in [3.63, 3.8) is 0 Å². The van der Waals surface area contributed by atoms with Crippen LogP contribution in [0.1, 0.15) is 43.0 Å². The molecule has 2 aromatic heterocycles. The van der Waals surface area contributed by atoms with Gasteiger partial charge in [-0.05, 0) is 70.8 Å². The Morgan fingerprint density at radius 2 is 2.04 bits per heavy atom. The summed E-state index contributed by atoms with van der Waals surface area (Å²) in [5.41, 5.74) is 6.49. The van der Waals surface area contributed by atoms with Gasteiger partial charge in [0, 0.05) is 6.54 Å². The lowest BCUT2D eigenvalue weighted by Gasteiger charge is -2.29. The van der Waals surface area contributed by atoms with E-state index in [0.29, 0.717) is 17.9 Å². The van der Waals surface area contributed by atoms with Crippen molar-refractivity contribution < 1.29 is 14.3 Å². The number of nitrogen functional groups attached to an aromatic ring is 1. The highest BCUT2D eigenvalue weighted by atomic mass is 79.9. The molecule has 1 atom stereocenters. The van der Waals surface area contributed by atoms with Gasteiger partial charge in [0.1, 0.15) is 21.7 Å². The third-order valence-corrected chi connectivity index (χ3v) is 5.74. The summed E-state index contributed by atoms with van der Waals surface area (Å²) in [6.07, 6.45) is -0.550. The number of hydrogen-bond acceptors (Lipinski definition) is 4. The van der Waals surface area contributed by atoms with Crippen molar-refractivity contribution >= 4 is 49.7 Å². The fourth-order valence-corrected chi connectivity index (χ4v) is 3.77. The zero-order valence-corrected chi connectivity index (χ0v) is 17.1. The fourth-order valence-electron chi connectivity index (χ4n) is 2.81. The van der Waals surface area contributed by atoms with Crippen molar-refractivity contribution in [1.82, 2.24) is 14.5 Å². The third kappa shape index (κ3) is 3.22. The minimum atomic E-state index is -0.645. The number of nitrogens with two attached hydrogens (primary N) is 1. The molecule has 1 unspecified atom stereocenters. The Labute approximate surface area is 161 Å². The van der Waals surface area contributed by atoms with Crippen LogP contribution in [0.5, 0.6) is 0 Å². The molecule has 7 nitrogen and oxygen atoms in total. The van der Waals surface area contributed by atoms with Gasteiger partial charge in [0.2, 0.25) is 0 Å². The molecule has 2 aromatic rings. The minimum Gasteiger partial charge on any atom is -0.443 e. The van der Waals surface area contributed by atoms with Gasteiger partial charge in [-0.3, -0.25) is 4.79 Å². The molecule has 0 saturated heterocycles. The molecule has 0 fully saturated rings. The number of halogens is 2. The zero-order valence-electron chi connectivity index (χ0n) is 14.0. The lowest BCUT2D eigenvalue weighted by atomic mass is 10.1. The Hall–Kier alpha value is -1.74. The van der Waals surface area contributed by atoms with Crippen molar-refractivity contribution in [2.24, 2.45) is 0 Å². The van der Waals surface area contributed by atoms with Gasteiger partial charge in [-0.25, -0.2) is 9.36 Å². The summed E-state index contributed by atoms with van der Waals surface area (Å²) in [6.45, 7) is 5.71. The van der Waals surface area contributed by atoms with Crippen LogP contribution in [0.3, 0.4) is 0 Å². The van der Waals surface area contributed by atoms with E-state index in [4.69, 9.17) is 10.5 Å². The molecule has 1 aliphatic heterocycles. The quantitative estimate of drug-likeness (QED) is 0.662. The molecule has 0 spiro atoms. The van der Waals surface area contributed by atoms with Gasteiger partial charge in [0.25, 0.3) is 5.91 Å². The SMILES string of the molecule is CC(C)(C)OC(=O)n1c(N)ccc1C1CNC(=O)c2cc(Br)c(Br)n21. The van der Waals surface area contributed by atoms with Gasteiger partial charge in [0.15, 0.2) is 0 Å². The average molecular weight is 474 g/mol. The highest BCUT2D eigenvalue weighted by Gasteiger charge is 2.33. The van der Waals surface area contributed by atoms with Gasteiger partial charge < -0.3 is 20.4 Å². The summed E-state index contributed by atoms with van der Waals surface area (Å²) in [6, 6.07) is 4.85. The highest BCUT2D eigenvalue weighted by molar-refractivity contribution is 9.13. The standard InChI is InChI=1S/C16H18Br2N4O3/c1-16(2,3)25-15(24)22-9(4-5-12(22)19)11-7-20-14(23)10-6-8(17)13(18)21(10)11/h4-6,11H,7,19H2,1-3H3,(H,20,23). The zero-order chi connectivity index (χ0) is 18.5. The lowest BCUT2D eigenvalue weighted by molar-refractivity contribution is 0.0534. The van der Waals surface area contributed by atoms with E-state index in [-0.39, 0.29) is 17.8 Å². The van der Waals surface area contributed by atoms with E-state index in [0.717, 1.165) is 9.08 Å². The monoisotopic (exact) mass is 472 g/mol. The number of carbonyl (C=O) groups excluding carboxylic acids is 2. The molecule has 0 aromatic carbocycles. The van der Waals surface area contributed by atoms with Crippen molar-refractivity contribution in [3.05, 3.63) is 38.7 Å². The summed E-state index contributed by atoms with van der Waals surface area (Å²) in [5, 5.41) is 2.84. The number of hydrogen-bond donors (Lipinski definition) is 2. The Balaban J connectivity index is 2.09. The summed E-state index contributed by atoms with van der Waals surface area (Å²) >= 11 is 6.92. The molecule has 0 radical (unpaired) electrons. The maximum absolute atomic E-state index is 12.6. The van der Waals surface area contributed by atoms with E-state index in [1.165, 1.54) is 4.57 Å². The molecule has 9 heteroatoms. The van der Waals surface area contributed by atoms with E-state index in [9.17, 15) is 9.59 Å². The topological polar surface area (TPSA) is 91.3 Å². The second kappa shape index (κ2) is 6.21. The molecular formula is C16H18Br2N4O3. The summed E-state index contributed by atoms with van der Waals surface area (Å²) in [5.74, 6) is 0.107. The number of fused-ring (bicyclic) bond motifs is 1. The van der Waals surface area contributed by atoms with Crippen LogP contribution in [0.15, 0.2) is 27.3 Å². The van der Waals surface area contributed by atoms with Gasteiger partial charge in [-0.2, -0.15) is 0 Å². The Bertz CT molecular complexity index is 864. The first-order valence-corrected chi connectivity index (χ1v) is 9.23. The second-order valence-electron chi connectivity index (χ2n) is 6.76. The number of amides is 1. The molecule has 3 heterocycles. The van der Waals surface area contributed by atoms with Crippen molar-refractivity contribution in [3.8, 4) is 0 Å². The number of anilines is 1. The Morgan fingerprint density at radius 3 is 2.68 bits per heavy atom. The third-order valence-electron chi connectivity index (χ3n) is 3.79. The van der Waals surface area contributed by atoms with Gasteiger partial charge in [-0.15, -0.1) is 0 Å². The lowest BCUT2D eigenvalue weighted by Crippen LogP contribution is -2.41. The van der Waals surface area contributed by atoms with Crippen LogP contribution in [0, 0.1) is 0 Å². The first kappa shape index (κ1) is 18.1. The molecule has 3 N–H and O–H groups in total. The van der Waals surface area contributed by atoms with E-state index >= 15 is 0 Å². The molecule has 1 aliphatic rings. The predicted octanol–water partition coefficient (Wildman–Crippen LogP) is 3.51. The van der Waals surface area contributed by atoms with E-state index in [1.807, 2.05) is 4.57 Å². The predicted molar refractivity (Wildman–Crippen MR) is 101 cm³/mol. The molecule has 0 saturated carbocycles. The first-order valence-electron chi connectivity index (χ1n) is 7.65. The molecule has 1 amide bonds. The normalized spacial score (nSPS) is 17.2. The molecule has 0 aliphatic carbocycles. The van der Waals surface area contributed by atoms with Crippen LogP contribution in [-0.2, 0) is 4.74 Å². The maximum Gasteiger partial charge on any atom is 0.420 e. The number of nitrogens with one attached hydrogen (secondary N) is 1. The maximum atomic E-state index is 12.6. The van der Waals surface area contributed by atoms with E-state index < -0.39 is 11.7 Å². The van der Waals surface area contributed by atoms with Crippen LogP contribution in [0.2, 0.25) is 0 Å². The van der Waals surface area contributed by atoms with Gasteiger partial charge >= 0.3 is 6.09 Å². The molecule has 3 rings (SSSR count). The van der Waals surface area contributed by atoms with E-state index in [1.54, 1.807) is 39.0 Å². The number of ether oxygens (including phenoxy) is 1. The van der Waals surface area contributed by atoms with Crippen molar-refractivity contribution in [1.29, 1.82) is 0 Å². The van der Waals surface area contributed by atoms with Gasteiger partial charge in [-0.1, -0.05) is 0 Å². The minimum absolute atomic E-state index is 0.175. The molecule has 0 bridgehead atoms. The molecule has 25 heavy (non-hydrogen) atoms. The smallest absolute Gasteiger partial charge is 0.420 e. The molecule has 134 valence electrons. The van der Waals surface area contributed by atoms with Gasteiger partial charge in [0.05, 0.1) is 16.2 Å². The largest absolute Gasteiger partial charge is 0.443 e. The van der Waals surface area contributed by atoms with E-state index in [2.05, 4.69) is 37.2 Å². The number of nitrogens with zero attached hydrogens (tertiary/aromatic N) is 2. The average Bonchev–Trinajstić information content (AvgIpc) is 3.01. The fraction of sp³-hybridized carbons (Fsp3) is 0.375. The Morgan fingerprint density at radius 1 is 1.36 bits per heavy atom. The van der Waals surface area contributed by atoms with Crippen LogP contribution < -0.4 is 11.1 Å². The van der Waals surface area contributed by atoms with Crippen molar-refractivity contribution in [2.45, 2.75) is 32.4 Å². The highest BCUT2D eigenvalue weighted by Crippen LogP contribution is 2.36. The first-order chi connectivity index (χ1) is 11.6. The summed E-state index contributed by atoms with van der Waals surface area (Å²) in [7, 11) is 0. The summed E-state index contributed by atoms with van der Waals surface area (Å²) < 4.78 is 10.1.